The van der Waals surface area contributed by atoms with Crippen LogP contribution in [0.3, 0.4) is 0 Å². The summed E-state index contributed by atoms with van der Waals surface area (Å²) in [5, 5.41) is 5.93. The number of amidine groups is 1. The van der Waals surface area contributed by atoms with Crippen LogP contribution < -0.4 is 15.4 Å². The molecule has 1 fully saturated rings. The van der Waals surface area contributed by atoms with Crippen LogP contribution in [0.15, 0.2) is 28.3 Å². The average Bonchev–Trinajstić information content (AvgIpc) is 3.23. The Hall–Kier alpha value is -3.13. The van der Waals surface area contributed by atoms with E-state index in [4.69, 9.17) is 4.74 Å². The summed E-state index contributed by atoms with van der Waals surface area (Å²) in [6.07, 6.45) is 0.0458. The molecule has 0 bridgehead atoms. The van der Waals surface area contributed by atoms with Crippen molar-refractivity contribution in [3.05, 3.63) is 29.6 Å². The Bertz CT molecular complexity index is 1140. The maximum Gasteiger partial charge on any atom is 0.412 e. The van der Waals surface area contributed by atoms with E-state index in [1.54, 1.807) is 19.1 Å². The van der Waals surface area contributed by atoms with Gasteiger partial charge in [-0.25, -0.2) is 9.37 Å². The third kappa shape index (κ3) is 7.22. The Morgan fingerprint density at radius 2 is 2.16 bits per heavy atom. The maximum absolute atomic E-state index is 12.9. The summed E-state index contributed by atoms with van der Waals surface area (Å²) in [6, 6.07) is 1.44. The molecule has 2 aliphatic rings. The summed E-state index contributed by atoms with van der Waals surface area (Å²) < 4.78 is 60.9. The van der Waals surface area contributed by atoms with Gasteiger partial charge in [-0.2, -0.15) is 17.5 Å². The molecule has 9 nitrogen and oxygen atoms in total. The summed E-state index contributed by atoms with van der Waals surface area (Å²) in [7, 11) is 0. The van der Waals surface area contributed by atoms with Crippen LogP contribution in [0.25, 0.3) is 0 Å². The zero-order valence-electron chi connectivity index (χ0n) is 20.1. The van der Waals surface area contributed by atoms with Gasteiger partial charge in [-0.1, -0.05) is 0 Å². The summed E-state index contributed by atoms with van der Waals surface area (Å²) in [5.41, 5.74) is 1.13. The molecule has 2 aromatic heterocycles. The number of nitrogens with zero attached hydrogens (tertiary/aromatic N) is 5. The van der Waals surface area contributed by atoms with Crippen LogP contribution >= 0.6 is 11.5 Å². The number of amides is 1. The highest BCUT2D eigenvalue weighted by atomic mass is 32.1. The van der Waals surface area contributed by atoms with Crippen molar-refractivity contribution in [3.63, 3.8) is 0 Å². The molecule has 0 aliphatic carbocycles. The smallest absolute Gasteiger partial charge is 0.412 e. The molecule has 1 amide bonds. The predicted molar refractivity (Wildman–Crippen MR) is 134 cm³/mol. The second-order valence-electron chi connectivity index (χ2n) is 8.81. The number of rotatable bonds is 8. The van der Waals surface area contributed by atoms with E-state index in [2.05, 4.69) is 34.9 Å². The van der Waals surface area contributed by atoms with E-state index in [0.717, 1.165) is 43.7 Å². The summed E-state index contributed by atoms with van der Waals surface area (Å²) >= 11 is 0.994. The molecule has 1 saturated heterocycles. The lowest BCUT2D eigenvalue weighted by Gasteiger charge is -2.31. The van der Waals surface area contributed by atoms with Crippen LogP contribution in [0.4, 0.5) is 28.3 Å². The highest BCUT2D eigenvalue weighted by molar-refractivity contribution is 7.11. The molecule has 2 atom stereocenters. The fourth-order valence-corrected chi connectivity index (χ4v) is 4.88. The Kier molecular flexibility index (Phi) is 8.69. The van der Waals surface area contributed by atoms with Gasteiger partial charge in [-0.3, -0.25) is 14.8 Å². The number of hydrogen-bond donors (Lipinski definition) is 2. The maximum atomic E-state index is 12.9. The molecule has 2 unspecified atom stereocenters. The van der Waals surface area contributed by atoms with Crippen molar-refractivity contribution in [3.8, 4) is 5.88 Å². The molecular formula is C23H27F4N7O2S. The van der Waals surface area contributed by atoms with Crippen LogP contribution in [-0.2, 0) is 0 Å². The van der Waals surface area contributed by atoms with Crippen LogP contribution in [0.2, 0.25) is 0 Å². The predicted octanol–water partition coefficient (Wildman–Crippen LogP) is 3.98. The standard InChI is InChI=1S/C23H27F4N7O2S/c1-14-20(22(37-33-14)32-18-11-28-17(10-29-18)23(25,26)27)21(35)31-16-4-5-19(30-9-16)36-13-15-3-2-7-34(12-15)8-6-24/h4-5,9,11,15,17H,2-3,6-8,10,12-13H2,1H3,(H,29,32)(H,31,35). The van der Waals surface area contributed by atoms with E-state index in [-0.39, 0.29) is 18.1 Å². The van der Waals surface area contributed by atoms with Gasteiger partial charge in [0.25, 0.3) is 5.91 Å². The van der Waals surface area contributed by atoms with E-state index in [1.807, 2.05) is 0 Å². The average molecular weight is 542 g/mol. The first-order valence-corrected chi connectivity index (χ1v) is 12.6. The molecular weight excluding hydrogens is 514 g/mol. The van der Waals surface area contributed by atoms with Crippen molar-refractivity contribution in [1.29, 1.82) is 0 Å². The molecule has 0 spiro atoms. The molecule has 200 valence electrons. The fraction of sp³-hybridized carbons (Fsp3) is 0.522. The number of piperidine rings is 1. The first-order valence-electron chi connectivity index (χ1n) is 11.8. The number of aliphatic imine (C=N–C) groups is 2. The normalized spacial score (nSPS) is 20.4. The largest absolute Gasteiger partial charge is 0.477 e. The van der Waals surface area contributed by atoms with Crippen LogP contribution in [-0.4, -0.2) is 83.9 Å². The van der Waals surface area contributed by atoms with Gasteiger partial charge in [0, 0.05) is 25.1 Å². The topological polar surface area (TPSA) is 104 Å². The number of hydrogen-bond acceptors (Lipinski definition) is 9. The van der Waals surface area contributed by atoms with E-state index in [0.29, 0.717) is 41.3 Å². The third-order valence-electron chi connectivity index (χ3n) is 5.99. The Balaban J connectivity index is 1.32. The lowest BCUT2D eigenvalue weighted by Crippen LogP contribution is -2.38. The van der Waals surface area contributed by atoms with Crippen molar-refractivity contribution < 1.29 is 27.1 Å². The van der Waals surface area contributed by atoms with Gasteiger partial charge in [-0.05, 0) is 43.9 Å². The Morgan fingerprint density at radius 1 is 1.32 bits per heavy atom. The molecule has 14 heteroatoms. The first-order chi connectivity index (χ1) is 17.7. The minimum absolute atomic E-state index is 0.118. The number of carbonyl (C=O) groups is 1. The number of carbonyl (C=O) groups excluding carboxylic acids is 1. The SMILES string of the molecule is Cc1nsc(NC2=NCC(C(F)(F)F)N=C2)c1C(=O)Nc1ccc(OCC2CCCN(CCF)C2)nc1. The monoisotopic (exact) mass is 541 g/mol. The highest BCUT2D eigenvalue weighted by Gasteiger charge is 2.40. The molecule has 4 rings (SSSR count). The molecule has 4 heterocycles. The van der Waals surface area contributed by atoms with Crippen molar-refractivity contribution in [1.82, 2.24) is 14.3 Å². The minimum Gasteiger partial charge on any atom is -0.477 e. The lowest BCUT2D eigenvalue weighted by atomic mass is 9.99. The van der Waals surface area contributed by atoms with Crippen molar-refractivity contribution in [2.45, 2.75) is 32.0 Å². The number of ether oxygens (including phenoxy) is 1. The molecule has 37 heavy (non-hydrogen) atoms. The van der Waals surface area contributed by atoms with Crippen molar-refractivity contribution in [2.75, 3.05) is 50.1 Å². The van der Waals surface area contributed by atoms with Gasteiger partial charge < -0.3 is 20.3 Å². The van der Waals surface area contributed by atoms with Crippen LogP contribution in [0, 0.1) is 12.8 Å². The molecule has 2 N–H and O–H groups in total. The number of aryl methyl sites for hydroxylation is 1. The van der Waals surface area contributed by atoms with Gasteiger partial charge in [0.2, 0.25) is 5.88 Å². The second kappa shape index (κ2) is 11.9. The highest BCUT2D eigenvalue weighted by Crippen LogP contribution is 2.28. The Labute approximate surface area is 215 Å². The molecule has 2 aromatic rings. The summed E-state index contributed by atoms with van der Waals surface area (Å²) in [5.74, 6) is 0.385. The van der Waals surface area contributed by atoms with E-state index >= 15 is 0 Å². The number of nitrogens with one attached hydrogen (secondary N) is 2. The number of aromatic nitrogens is 2. The van der Waals surface area contributed by atoms with Crippen LogP contribution in [0.5, 0.6) is 5.88 Å². The fourth-order valence-electron chi connectivity index (χ4n) is 4.08. The zero-order valence-corrected chi connectivity index (χ0v) is 20.9. The van der Waals surface area contributed by atoms with Gasteiger partial charge >= 0.3 is 6.18 Å². The number of halogens is 4. The van der Waals surface area contributed by atoms with Crippen molar-refractivity contribution in [2.24, 2.45) is 15.9 Å². The third-order valence-corrected chi connectivity index (χ3v) is 6.84. The minimum atomic E-state index is -4.46. The van der Waals surface area contributed by atoms with E-state index in [9.17, 15) is 22.4 Å². The summed E-state index contributed by atoms with van der Waals surface area (Å²) in [4.78, 5) is 26.7. The number of anilines is 2. The zero-order chi connectivity index (χ0) is 26.4. The molecule has 0 aromatic carbocycles. The van der Waals surface area contributed by atoms with E-state index < -0.39 is 24.7 Å². The number of pyridine rings is 1. The van der Waals surface area contributed by atoms with Crippen molar-refractivity contribution >= 4 is 40.2 Å². The lowest BCUT2D eigenvalue weighted by molar-refractivity contribution is -0.144. The van der Waals surface area contributed by atoms with Gasteiger partial charge in [0.15, 0.2) is 6.04 Å². The van der Waals surface area contributed by atoms with Gasteiger partial charge in [0.05, 0.1) is 42.5 Å². The van der Waals surface area contributed by atoms with E-state index in [1.165, 1.54) is 6.20 Å². The Morgan fingerprint density at radius 3 is 2.84 bits per heavy atom. The quantitative estimate of drug-likeness (QED) is 0.490. The molecule has 0 saturated carbocycles. The van der Waals surface area contributed by atoms with Gasteiger partial charge in [-0.15, -0.1) is 0 Å². The van der Waals surface area contributed by atoms with Gasteiger partial charge in [0.1, 0.15) is 17.5 Å². The second-order valence-corrected chi connectivity index (χ2v) is 9.58. The molecule has 2 aliphatic heterocycles. The molecule has 0 radical (unpaired) electrons. The van der Waals surface area contributed by atoms with Crippen LogP contribution in [0.1, 0.15) is 28.9 Å². The number of likely N-dealkylation sites (tertiary alicyclic amines) is 1. The number of alkyl halides is 4. The first kappa shape index (κ1) is 26.9. The summed E-state index contributed by atoms with van der Waals surface area (Å²) in [6.45, 7) is 3.40.